The van der Waals surface area contributed by atoms with Crippen molar-refractivity contribution in [3.05, 3.63) is 18.0 Å². The van der Waals surface area contributed by atoms with Crippen LogP contribution in [0.3, 0.4) is 0 Å². The molecule has 0 fully saturated rings. The van der Waals surface area contributed by atoms with Crippen LogP contribution in [0.1, 0.15) is 65.0 Å². The van der Waals surface area contributed by atoms with Crippen LogP contribution in [0.15, 0.2) is 12.3 Å². The molecule has 0 radical (unpaired) electrons. The standard InChI is InChI=1S/C10H10N5O.3C4H9.Sn/c11-8-7-6-16-5-4-15(7)14-9(8)10-12-2-1-3-13-10;3*1-3-4-2;/h1-2H,4-6,11H2;3*1,3-4H2,2H3;. The van der Waals surface area contributed by atoms with Crippen LogP contribution in [0.25, 0.3) is 11.5 Å². The zero-order chi connectivity index (χ0) is 20.7. The number of fused-ring (bicyclic) bond motifs is 1. The number of anilines is 1. The monoisotopic (exact) mass is 507 g/mol. The van der Waals surface area contributed by atoms with Gasteiger partial charge in [0, 0.05) is 0 Å². The molecule has 0 spiro atoms. The molecule has 7 heteroatoms. The van der Waals surface area contributed by atoms with E-state index in [-0.39, 0.29) is 0 Å². The summed E-state index contributed by atoms with van der Waals surface area (Å²) in [5.74, 6) is 0.701. The molecule has 3 rings (SSSR count). The molecular formula is C22H37N5OSn. The number of hydrogen-bond acceptors (Lipinski definition) is 5. The van der Waals surface area contributed by atoms with E-state index in [4.69, 9.17) is 20.6 Å². The van der Waals surface area contributed by atoms with Crippen molar-refractivity contribution in [3.8, 4) is 11.5 Å². The predicted octanol–water partition coefficient (Wildman–Crippen LogP) is 4.51. The fourth-order valence-electron chi connectivity index (χ4n) is 4.41. The second kappa shape index (κ2) is 10.8. The number of nitrogen functional groups attached to an aromatic ring is 1. The van der Waals surface area contributed by atoms with E-state index in [1.54, 1.807) is 0 Å². The number of ether oxygens (including phenoxy) is 1. The topological polar surface area (TPSA) is 78.9 Å². The molecule has 2 aromatic rings. The molecular weight excluding hydrogens is 469 g/mol. The van der Waals surface area contributed by atoms with E-state index in [0.717, 1.165) is 17.9 Å². The fourth-order valence-corrected chi connectivity index (χ4v) is 19.8. The van der Waals surface area contributed by atoms with Gasteiger partial charge in [-0.05, 0) is 0 Å². The molecule has 0 atom stereocenters. The second-order valence-electron chi connectivity index (χ2n) is 8.34. The van der Waals surface area contributed by atoms with E-state index in [2.05, 4.69) is 31.8 Å². The van der Waals surface area contributed by atoms with Gasteiger partial charge >= 0.3 is 180 Å². The summed E-state index contributed by atoms with van der Waals surface area (Å²) in [6, 6.07) is 2.22. The number of hydrogen-bond donors (Lipinski definition) is 1. The zero-order valence-electron chi connectivity index (χ0n) is 18.4. The summed E-state index contributed by atoms with van der Waals surface area (Å²) in [6.07, 6.45) is 9.69. The molecule has 160 valence electrons. The molecule has 1 aliphatic heterocycles. The predicted molar refractivity (Wildman–Crippen MR) is 122 cm³/mol. The Balaban J connectivity index is 2.00. The van der Waals surface area contributed by atoms with Crippen molar-refractivity contribution < 1.29 is 4.74 Å². The Hall–Kier alpha value is -1.15. The first-order chi connectivity index (χ1) is 14.1. The molecule has 0 aliphatic carbocycles. The fraction of sp³-hybridized carbons (Fsp3) is 0.682. The molecule has 0 saturated carbocycles. The summed E-state index contributed by atoms with van der Waals surface area (Å²) in [7, 11) is 0. The van der Waals surface area contributed by atoms with Crippen molar-refractivity contribution >= 4 is 27.8 Å². The summed E-state index contributed by atoms with van der Waals surface area (Å²) < 4.78 is 13.1. The minimum atomic E-state index is -2.60. The van der Waals surface area contributed by atoms with E-state index in [9.17, 15) is 0 Å². The van der Waals surface area contributed by atoms with Crippen molar-refractivity contribution in [2.45, 2.75) is 85.8 Å². The SMILES string of the molecule is CCC[CH2][Sn]([CH2]CCC)([CH2]CCC)[c]1ccnc(-c2nn3c(c2N)COCC3)n1. The van der Waals surface area contributed by atoms with Gasteiger partial charge in [0.25, 0.3) is 0 Å². The van der Waals surface area contributed by atoms with Crippen molar-refractivity contribution in [2.75, 3.05) is 12.3 Å². The Kier molecular flexibility index (Phi) is 8.35. The Labute approximate surface area is 179 Å². The average molecular weight is 506 g/mol. The number of rotatable bonds is 11. The van der Waals surface area contributed by atoms with Gasteiger partial charge in [-0.15, -0.1) is 0 Å². The molecule has 0 unspecified atom stereocenters. The number of nitrogens with two attached hydrogens (primary N) is 1. The van der Waals surface area contributed by atoms with E-state index >= 15 is 0 Å². The van der Waals surface area contributed by atoms with Crippen LogP contribution < -0.4 is 9.44 Å². The van der Waals surface area contributed by atoms with Crippen molar-refractivity contribution in [3.63, 3.8) is 0 Å². The molecule has 3 heterocycles. The van der Waals surface area contributed by atoms with Crippen LogP contribution in [0.2, 0.25) is 13.3 Å². The number of aromatic nitrogens is 4. The molecule has 0 bridgehead atoms. The van der Waals surface area contributed by atoms with Crippen molar-refractivity contribution in [2.24, 2.45) is 0 Å². The normalized spacial score (nSPS) is 14.2. The Bertz CT molecular complexity index is 770. The maximum atomic E-state index is 6.43. The summed E-state index contributed by atoms with van der Waals surface area (Å²) in [5, 5.41) is 4.74. The third-order valence-corrected chi connectivity index (χ3v) is 21.3. The minimum absolute atomic E-state index is 0.519. The third-order valence-electron chi connectivity index (χ3n) is 6.22. The summed E-state index contributed by atoms with van der Waals surface area (Å²) in [6.45, 7) is 8.86. The Morgan fingerprint density at radius 3 is 2.31 bits per heavy atom. The molecule has 0 aromatic carbocycles. The first kappa shape index (κ1) is 22.5. The van der Waals surface area contributed by atoms with Crippen molar-refractivity contribution in [1.82, 2.24) is 19.7 Å². The molecule has 2 aromatic heterocycles. The first-order valence-electron chi connectivity index (χ1n) is 11.4. The van der Waals surface area contributed by atoms with Crippen LogP contribution in [-0.2, 0) is 17.9 Å². The van der Waals surface area contributed by atoms with Crippen LogP contribution in [0.5, 0.6) is 0 Å². The van der Waals surface area contributed by atoms with Crippen LogP contribution in [0.4, 0.5) is 5.69 Å². The van der Waals surface area contributed by atoms with Gasteiger partial charge in [-0.1, -0.05) is 0 Å². The van der Waals surface area contributed by atoms with Crippen LogP contribution in [0, 0.1) is 0 Å². The van der Waals surface area contributed by atoms with Gasteiger partial charge in [0.2, 0.25) is 0 Å². The molecule has 29 heavy (non-hydrogen) atoms. The van der Waals surface area contributed by atoms with Gasteiger partial charge in [-0.2, -0.15) is 0 Å². The number of nitrogens with zero attached hydrogens (tertiary/aromatic N) is 4. The van der Waals surface area contributed by atoms with E-state index in [1.807, 2.05) is 10.9 Å². The number of unbranched alkanes of at least 4 members (excludes halogenated alkanes) is 3. The summed E-state index contributed by atoms with van der Waals surface area (Å²) in [5.41, 5.74) is 8.80. The molecule has 1 aliphatic rings. The van der Waals surface area contributed by atoms with E-state index in [1.165, 1.54) is 55.5 Å². The molecule has 0 amide bonds. The van der Waals surface area contributed by atoms with Gasteiger partial charge in [0.15, 0.2) is 0 Å². The van der Waals surface area contributed by atoms with Gasteiger partial charge in [0.05, 0.1) is 0 Å². The maximum absolute atomic E-state index is 6.43. The second-order valence-corrected chi connectivity index (χ2v) is 21.4. The van der Waals surface area contributed by atoms with Gasteiger partial charge in [-0.3, -0.25) is 0 Å². The third kappa shape index (κ3) is 5.13. The summed E-state index contributed by atoms with van der Waals surface area (Å²) in [4.78, 5) is 9.76. The summed E-state index contributed by atoms with van der Waals surface area (Å²) >= 11 is -2.60. The Morgan fingerprint density at radius 1 is 1.07 bits per heavy atom. The van der Waals surface area contributed by atoms with Crippen LogP contribution in [-0.4, -0.2) is 44.7 Å². The van der Waals surface area contributed by atoms with Crippen LogP contribution >= 0.6 is 0 Å². The van der Waals surface area contributed by atoms with E-state index < -0.39 is 18.4 Å². The molecule has 0 saturated heterocycles. The van der Waals surface area contributed by atoms with Crippen molar-refractivity contribution in [1.29, 1.82) is 0 Å². The zero-order valence-corrected chi connectivity index (χ0v) is 21.3. The quantitative estimate of drug-likeness (QED) is 0.454. The molecule has 6 nitrogen and oxygen atoms in total. The van der Waals surface area contributed by atoms with Gasteiger partial charge < -0.3 is 0 Å². The van der Waals surface area contributed by atoms with E-state index in [0.29, 0.717) is 24.7 Å². The van der Waals surface area contributed by atoms with Gasteiger partial charge in [-0.25, -0.2) is 0 Å². The van der Waals surface area contributed by atoms with Gasteiger partial charge in [0.1, 0.15) is 0 Å². The average Bonchev–Trinajstić information content (AvgIpc) is 3.10. The molecule has 2 N–H and O–H groups in total. The Morgan fingerprint density at radius 2 is 1.72 bits per heavy atom. The first-order valence-corrected chi connectivity index (χ1v) is 18.9.